The molecule has 0 spiro atoms. The van der Waals surface area contributed by atoms with Gasteiger partial charge in [-0.2, -0.15) is 0 Å². The normalized spacial score (nSPS) is 27.5. The summed E-state index contributed by atoms with van der Waals surface area (Å²) in [6, 6.07) is 9.50. The molecular formula is C29H45F. The number of alkyl halides is 1. The Morgan fingerprint density at radius 2 is 1.40 bits per heavy atom. The minimum Gasteiger partial charge on any atom is -0.251 e. The summed E-state index contributed by atoms with van der Waals surface area (Å²) >= 11 is 0. The second kappa shape index (κ2) is 13.3. The van der Waals surface area contributed by atoms with Crippen LogP contribution in [-0.4, -0.2) is 6.67 Å². The number of aryl methyl sites for hydroxylation is 2. The molecular weight excluding hydrogens is 367 g/mol. The molecule has 0 amide bonds. The van der Waals surface area contributed by atoms with Gasteiger partial charge in [0.2, 0.25) is 0 Å². The summed E-state index contributed by atoms with van der Waals surface area (Å²) in [4.78, 5) is 0. The zero-order chi connectivity index (χ0) is 21.0. The Bertz CT molecular complexity index is 585. The van der Waals surface area contributed by atoms with Crippen molar-refractivity contribution < 1.29 is 4.39 Å². The van der Waals surface area contributed by atoms with Gasteiger partial charge in [0.1, 0.15) is 0 Å². The highest BCUT2D eigenvalue weighted by Gasteiger charge is 2.30. The highest BCUT2D eigenvalue weighted by molar-refractivity contribution is 5.22. The molecule has 0 radical (unpaired) electrons. The third kappa shape index (κ3) is 7.86. The van der Waals surface area contributed by atoms with Gasteiger partial charge in [0.05, 0.1) is 6.67 Å². The van der Waals surface area contributed by atoms with Crippen molar-refractivity contribution in [1.82, 2.24) is 0 Å². The summed E-state index contributed by atoms with van der Waals surface area (Å²) < 4.78 is 12.3. The van der Waals surface area contributed by atoms with Crippen LogP contribution in [-0.2, 0) is 12.8 Å². The van der Waals surface area contributed by atoms with Crippen molar-refractivity contribution >= 4 is 0 Å². The minimum atomic E-state index is -0.209. The van der Waals surface area contributed by atoms with E-state index in [0.29, 0.717) is 6.42 Å². The lowest BCUT2D eigenvalue weighted by molar-refractivity contribution is 0.152. The Kier molecular flexibility index (Phi) is 10.5. The number of hydrogen-bond donors (Lipinski definition) is 0. The zero-order valence-electron chi connectivity index (χ0n) is 19.5. The van der Waals surface area contributed by atoms with Crippen molar-refractivity contribution in [1.29, 1.82) is 0 Å². The standard InChI is InChI=1S/C29H45F/c1-2-3-4-7-24-9-11-26(12-10-24)13-14-27-17-21-29(22-18-27)28-19-15-25(16-20-28)8-5-6-23-30/h5,8-12,25,27-29H,2-4,6-7,13-23H2,1H3. The van der Waals surface area contributed by atoms with E-state index >= 15 is 0 Å². The number of rotatable bonds is 11. The molecule has 0 unspecified atom stereocenters. The predicted molar refractivity (Wildman–Crippen MR) is 129 cm³/mol. The molecule has 2 aliphatic rings. The predicted octanol–water partition coefficient (Wildman–Crippen LogP) is 8.88. The molecule has 0 nitrogen and oxygen atoms in total. The molecule has 2 aliphatic carbocycles. The number of benzene rings is 1. The van der Waals surface area contributed by atoms with Crippen molar-refractivity contribution in [3.05, 3.63) is 47.5 Å². The van der Waals surface area contributed by atoms with Gasteiger partial charge in [-0.1, -0.05) is 69.0 Å². The van der Waals surface area contributed by atoms with Crippen LogP contribution in [0.3, 0.4) is 0 Å². The first-order chi connectivity index (χ1) is 14.8. The van der Waals surface area contributed by atoms with Crippen LogP contribution >= 0.6 is 0 Å². The van der Waals surface area contributed by atoms with E-state index in [-0.39, 0.29) is 6.67 Å². The van der Waals surface area contributed by atoms with Gasteiger partial charge in [-0.25, -0.2) is 0 Å². The quantitative estimate of drug-likeness (QED) is 0.251. The number of halogens is 1. The summed E-state index contributed by atoms with van der Waals surface area (Å²) in [6.45, 7) is 2.07. The largest absolute Gasteiger partial charge is 0.251 e. The first-order valence-corrected chi connectivity index (χ1v) is 13.1. The highest BCUT2D eigenvalue weighted by Crippen LogP contribution is 2.42. The third-order valence-electron chi connectivity index (χ3n) is 7.99. The maximum Gasteiger partial charge on any atom is 0.0928 e. The zero-order valence-corrected chi connectivity index (χ0v) is 19.5. The molecule has 2 saturated carbocycles. The van der Waals surface area contributed by atoms with Gasteiger partial charge in [-0.3, -0.25) is 4.39 Å². The molecule has 0 bridgehead atoms. The van der Waals surface area contributed by atoms with Crippen LogP contribution in [0.5, 0.6) is 0 Å². The Balaban J connectivity index is 1.31. The molecule has 2 fully saturated rings. The Hall–Kier alpha value is -1.11. The third-order valence-corrected chi connectivity index (χ3v) is 7.99. The van der Waals surface area contributed by atoms with E-state index in [2.05, 4.69) is 43.3 Å². The topological polar surface area (TPSA) is 0 Å². The first kappa shape index (κ1) is 23.6. The van der Waals surface area contributed by atoms with Gasteiger partial charge in [-0.05, 0) is 105 Å². The average molecular weight is 413 g/mol. The lowest BCUT2D eigenvalue weighted by Crippen LogP contribution is -2.25. The van der Waals surface area contributed by atoms with Crippen molar-refractivity contribution in [3.63, 3.8) is 0 Å². The second-order valence-corrected chi connectivity index (χ2v) is 10.2. The molecule has 30 heavy (non-hydrogen) atoms. The van der Waals surface area contributed by atoms with Crippen LogP contribution in [0, 0.1) is 23.7 Å². The fourth-order valence-electron chi connectivity index (χ4n) is 5.93. The average Bonchev–Trinajstić information content (AvgIpc) is 2.80. The van der Waals surface area contributed by atoms with E-state index in [1.54, 1.807) is 0 Å². The lowest BCUT2D eigenvalue weighted by Gasteiger charge is -2.37. The number of hydrogen-bond acceptors (Lipinski definition) is 0. The van der Waals surface area contributed by atoms with E-state index in [0.717, 1.165) is 23.7 Å². The van der Waals surface area contributed by atoms with E-state index < -0.39 is 0 Å². The van der Waals surface area contributed by atoms with Crippen molar-refractivity contribution in [2.24, 2.45) is 23.7 Å². The first-order valence-electron chi connectivity index (χ1n) is 13.1. The van der Waals surface area contributed by atoms with E-state index in [4.69, 9.17) is 0 Å². The molecule has 0 atom stereocenters. The monoisotopic (exact) mass is 412 g/mol. The maximum atomic E-state index is 12.3. The van der Waals surface area contributed by atoms with Crippen LogP contribution in [0.1, 0.15) is 102 Å². The van der Waals surface area contributed by atoms with E-state index in [1.165, 1.54) is 101 Å². The van der Waals surface area contributed by atoms with E-state index in [1.807, 2.05) is 0 Å². The SMILES string of the molecule is CCCCCc1ccc(CCC2CCC(C3CCC(C=CCCF)CC3)CC2)cc1. The lowest BCUT2D eigenvalue weighted by atomic mass is 9.68. The van der Waals surface area contributed by atoms with Crippen molar-refractivity contribution in [2.45, 2.75) is 103 Å². The maximum absolute atomic E-state index is 12.3. The second-order valence-electron chi connectivity index (χ2n) is 10.2. The summed E-state index contributed by atoms with van der Waals surface area (Å²) in [6.07, 6.45) is 24.2. The van der Waals surface area contributed by atoms with Gasteiger partial charge in [0.25, 0.3) is 0 Å². The Morgan fingerprint density at radius 3 is 2.00 bits per heavy atom. The molecule has 0 heterocycles. The van der Waals surface area contributed by atoms with Crippen LogP contribution < -0.4 is 0 Å². The minimum absolute atomic E-state index is 0.209. The van der Waals surface area contributed by atoms with Crippen LogP contribution in [0.15, 0.2) is 36.4 Å². The number of unbranched alkanes of at least 4 members (excludes halogenated alkanes) is 2. The summed E-state index contributed by atoms with van der Waals surface area (Å²) in [7, 11) is 0. The smallest absolute Gasteiger partial charge is 0.0928 e. The molecule has 0 N–H and O–H groups in total. The molecule has 1 heteroatoms. The molecule has 1 aromatic carbocycles. The molecule has 3 rings (SSSR count). The van der Waals surface area contributed by atoms with Crippen LogP contribution in [0.4, 0.5) is 4.39 Å². The fourth-order valence-corrected chi connectivity index (χ4v) is 5.93. The van der Waals surface area contributed by atoms with Gasteiger partial charge >= 0.3 is 0 Å². The van der Waals surface area contributed by atoms with E-state index in [9.17, 15) is 4.39 Å². The highest BCUT2D eigenvalue weighted by atomic mass is 19.1. The summed E-state index contributed by atoms with van der Waals surface area (Å²) in [5.41, 5.74) is 3.05. The molecule has 1 aromatic rings. The molecule has 168 valence electrons. The van der Waals surface area contributed by atoms with Crippen molar-refractivity contribution in [2.75, 3.05) is 6.67 Å². The van der Waals surface area contributed by atoms with Gasteiger partial charge < -0.3 is 0 Å². The summed E-state index contributed by atoms with van der Waals surface area (Å²) in [5.74, 6) is 3.63. The Labute approximate surface area is 185 Å². The van der Waals surface area contributed by atoms with Gasteiger partial charge in [0.15, 0.2) is 0 Å². The summed E-state index contributed by atoms with van der Waals surface area (Å²) in [5, 5.41) is 0. The number of allylic oxidation sites excluding steroid dienone is 2. The molecule has 0 saturated heterocycles. The van der Waals surface area contributed by atoms with Crippen LogP contribution in [0.25, 0.3) is 0 Å². The van der Waals surface area contributed by atoms with Crippen molar-refractivity contribution in [3.8, 4) is 0 Å². The Morgan fingerprint density at radius 1 is 0.800 bits per heavy atom. The van der Waals surface area contributed by atoms with Gasteiger partial charge in [0, 0.05) is 0 Å². The molecule has 0 aliphatic heterocycles. The van der Waals surface area contributed by atoms with Crippen LogP contribution in [0.2, 0.25) is 0 Å². The molecule has 0 aromatic heterocycles. The fraction of sp³-hybridized carbons (Fsp3) is 0.724. The van der Waals surface area contributed by atoms with Gasteiger partial charge in [-0.15, -0.1) is 0 Å².